The number of carbonyl (C=O) groups is 1. The number of ketones is 1. The van der Waals surface area contributed by atoms with Crippen LogP contribution in [0.2, 0.25) is 0 Å². The lowest BCUT2D eigenvalue weighted by Gasteiger charge is -2.28. The Bertz CT molecular complexity index is 864. The molecule has 0 radical (unpaired) electrons. The van der Waals surface area contributed by atoms with E-state index in [2.05, 4.69) is 0 Å². The SMILES string of the molecule is O=C1/C(=C/c2ccsc2)[C@H](c2ccccc2)Oc2ccccc21. The molecule has 3 aromatic rings. The van der Waals surface area contributed by atoms with E-state index in [1.807, 2.05) is 77.5 Å². The molecular formula is C20H14O2S. The molecule has 2 nitrogen and oxygen atoms in total. The first kappa shape index (κ1) is 14.0. The molecule has 0 aliphatic carbocycles. The zero-order valence-corrected chi connectivity index (χ0v) is 13.1. The molecule has 0 bridgehead atoms. The molecule has 0 saturated carbocycles. The highest BCUT2D eigenvalue weighted by atomic mass is 32.1. The van der Waals surface area contributed by atoms with E-state index in [0.29, 0.717) is 16.9 Å². The highest BCUT2D eigenvalue weighted by molar-refractivity contribution is 7.08. The van der Waals surface area contributed by atoms with E-state index in [1.54, 1.807) is 11.3 Å². The summed E-state index contributed by atoms with van der Waals surface area (Å²) in [7, 11) is 0. The summed E-state index contributed by atoms with van der Waals surface area (Å²) >= 11 is 1.62. The molecule has 0 amide bonds. The lowest BCUT2D eigenvalue weighted by Crippen LogP contribution is -2.23. The summed E-state index contributed by atoms with van der Waals surface area (Å²) in [5, 5.41) is 4.04. The van der Waals surface area contributed by atoms with Crippen LogP contribution in [0.5, 0.6) is 5.75 Å². The maximum atomic E-state index is 13.0. The summed E-state index contributed by atoms with van der Waals surface area (Å²) in [6.45, 7) is 0. The van der Waals surface area contributed by atoms with Crippen molar-refractivity contribution < 1.29 is 9.53 Å². The van der Waals surface area contributed by atoms with Gasteiger partial charge in [0.15, 0.2) is 11.9 Å². The Labute approximate surface area is 138 Å². The van der Waals surface area contributed by atoms with Crippen molar-refractivity contribution in [2.45, 2.75) is 6.10 Å². The number of thiophene rings is 1. The predicted molar refractivity (Wildman–Crippen MR) is 92.9 cm³/mol. The van der Waals surface area contributed by atoms with Crippen LogP contribution in [-0.2, 0) is 0 Å². The third kappa shape index (κ3) is 2.60. The number of Topliss-reactive ketones (excluding diaryl/α,β-unsaturated/α-hetero) is 1. The molecule has 1 aliphatic heterocycles. The second kappa shape index (κ2) is 5.86. The minimum atomic E-state index is -0.376. The van der Waals surface area contributed by atoms with Gasteiger partial charge in [-0.3, -0.25) is 4.79 Å². The summed E-state index contributed by atoms with van der Waals surface area (Å²) in [6, 6.07) is 19.3. The molecule has 112 valence electrons. The van der Waals surface area contributed by atoms with E-state index in [9.17, 15) is 4.79 Å². The smallest absolute Gasteiger partial charge is 0.196 e. The molecule has 0 unspecified atom stereocenters. The quantitative estimate of drug-likeness (QED) is 0.611. The molecule has 2 aromatic carbocycles. The molecular weight excluding hydrogens is 304 g/mol. The Morgan fingerprint density at radius 2 is 1.74 bits per heavy atom. The normalized spacial score (nSPS) is 18.5. The third-order valence-electron chi connectivity index (χ3n) is 3.89. The Morgan fingerprint density at radius 1 is 0.957 bits per heavy atom. The van der Waals surface area contributed by atoms with Crippen LogP contribution in [0.3, 0.4) is 0 Å². The number of carbonyl (C=O) groups excluding carboxylic acids is 1. The van der Waals surface area contributed by atoms with Gasteiger partial charge in [0.2, 0.25) is 0 Å². The Morgan fingerprint density at radius 3 is 2.52 bits per heavy atom. The number of fused-ring (bicyclic) bond motifs is 1. The molecule has 0 saturated heterocycles. The van der Waals surface area contributed by atoms with Gasteiger partial charge in [0, 0.05) is 5.57 Å². The lowest BCUT2D eigenvalue weighted by molar-refractivity contribution is 0.0963. The van der Waals surface area contributed by atoms with E-state index in [0.717, 1.165) is 11.1 Å². The first-order valence-electron chi connectivity index (χ1n) is 7.42. The average Bonchev–Trinajstić information content (AvgIpc) is 3.11. The first-order chi connectivity index (χ1) is 11.3. The highest BCUT2D eigenvalue weighted by Crippen LogP contribution is 2.39. The maximum Gasteiger partial charge on any atom is 0.196 e. The van der Waals surface area contributed by atoms with Crippen molar-refractivity contribution in [2.24, 2.45) is 0 Å². The predicted octanol–water partition coefficient (Wildman–Crippen LogP) is 5.15. The summed E-state index contributed by atoms with van der Waals surface area (Å²) in [6.07, 6.45) is 1.56. The van der Waals surface area contributed by atoms with Gasteiger partial charge in [-0.2, -0.15) is 11.3 Å². The van der Waals surface area contributed by atoms with Crippen LogP contribution in [0, 0.1) is 0 Å². The van der Waals surface area contributed by atoms with Gasteiger partial charge < -0.3 is 4.74 Å². The molecule has 23 heavy (non-hydrogen) atoms. The van der Waals surface area contributed by atoms with Crippen LogP contribution in [-0.4, -0.2) is 5.78 Å². The molecule has 0 fully saturated rings. The molecule has 1 aliphatic rings. The Balaban J connectivity index is 1.87. The molecule has 1 atom stereocenters. The molecule has 1 aromatic heterocycles. The Hall–Kier alpha value is -2.65. The van der Waals surface area contributed by atoms with Crippen molar-refractivity contribution in [1.82, 2.24) is 0 Å². The lowest BCUT2D eigenvalue weighted by atomic mass is 9.90. The second-order valence-corrected chi connectivity index (χ2v) is 6.17. The number of hydrogen-bond acceptors (Lipinski definition) is 3. The highest BCUT2D eigenvalue weighted by Gasteiger charge is 2.32. The van der Waals surface area contributed by atoms with Crippen molar-refractivity contribution in [3.63, 3.8) is 0 Å². The van der Waals surface area contributed by atoms with Gasteiger partial charge in [-0.15, -0.1) is 0 Å². The van der Waals surface area contributed by atoms with Gasteiger partial charge in [0.25, 0.3) is 0 Å². The van der Waals surface area contributed by atoms with E-state index < -0.39 is 0 Å². The standard InChI is InChI=1S/C20H14O2S/c21-19-16-8-4-5-9-18(16)22-20(15-6-2-1-3-7-15)17(19)12-14-10-11-23-13-14/h1-13,20H/b17-12-/t20-/m0/s1. The van der Waals surface area contributed by atoms with Gasteiger partial charge in [0.1, 0.15) is 5.75 Å². The largest absolute Gasteiger partial charge is 0.480 e. The average molecular weight is 318 g/mol. The number of hydrogen-bond donors (Lipinski definition) is 0. The minimum Gasteiger partial charge on any atom is -0.480 e. The Kier molecular flexibility index (Phi) is 3.56. The maximum absolute atomic E-state index is 13.0. The summed E-state index contributed by atoms with van der Waals surface area (Å²) in [5.74, 6) is 0.681. The van der Waals surface area contributed by atoms with Gasteiger partial charge in [0.05, 0.1) is 5.56 Å². The van der Waals surface area contributed by atoms with Crippen LogP contribution in [0.1, 0.15) is 27.6 Å². The fraction of sp³-hybridized carbons (Fsp3) is 0.0500. The first-order valence-corrected chi connectivity index (χ1v) is 8.36. The van der Waals surface area contributed by atoms with Crippen molar-refractivity contribution >= 4 is 23.2 Å². The second-order valence-electron chi connectivity index (χ2n) is 5.39. The monoisotopic (exact) mass is 318 g/mol. The van der Waals surface area contributed by atoms with Crippen molar-refractivity contribution in [3.8, 4) is 5.75 Å². The minimum absolute atomic E-state index is 0.0342. The van der Waals surface area contributed by atoms with Crippen LogP contribution < -0.4 is 4.74 Å². The van der Waals surface area contributed by atoms with Crippen LogP contribution in [0.15, 0.2) is 77.0 Å². The molecule has 0 spiro atoms. The van der Waals surface area contributed by atoms with Gasteiger partial charge in [-0.1, -0.05) is 42.5 Å². The summed E-state index contributed by atoms with van der Waals surface area (Å²) < 4.78 is 6.16. The van der Waals surface area contributed by atoms with Crippen molar-refractivity contribution in [1.29, 1.82) is 0 Å². The summed E-state index contributed by atoms with van der Waals surface area (Å²) in [4.78, 5) is 13.0. The van der Waals surface area contributed by atoms with Gasteiger partial charge in [-0.05, 0) is 46.2 Å². The zero-order chi connectivity index (χ0) is 15.6. The summed E-state index contributed by atoms with van der Waals surface area (Å²) in [5.41, 5.74) is 3.31. The zero-order valence-electron chi connectivity index (χ0n) is 12.3. The number of rotatable bonds is 2. The van der Waals surface area contributed by atoms with E-state index in [1.165, 1.54) is 0 Å². The fourth-order valence-corrected chi connectivity index (χ4v) is 3.39. The van der Waals surface area contributed by atoms with Gasteiger partial charge in [-0.25, -0.2) is 0 Å². The number of benzene rings is 2. The van der Waals surface area contributed by atoms with Crippen LogP contribution in [0.25, 0.3) is 6.08 Å². The van der Waals surface area contributed by atoms with E-state index >= 15 is 0 Å². The van der Waals surface area contributed by atoms with Crippen molar-refractivity contribution in [3.05, 3.63) is 93.7 Å². The fourth-order valence-electron chi connectivity index (χ4n) is 2.78. The van der Waals surface area contributed by atoms with Crippen LogP contribution >= 0.6 is 11.3 Å². The molecule has 3 heteroatoms. The third-order valence-corrected chi connectivity index (χ3v) is 4.59. The molecule has 0 N–H and O–H groups in total. The number of para-hydroxylation sites is 1. The van der Waals surface area contributed by atoms with Crippen LogP contribution in [0.4, 0.5) is 0 Å². The van der Waals surface area contributed by atoms with E-state index in [-0.39, 0.29) is 11.9 Å². The number of ether oxygens (including phenoxy) is 1. The molecule has 4 rings (SSSR count). The van der Waals surface area contributed by atoms with Crippen molar-refractivity contribution in [2.75, 3.05) is 0 Å². The van der Waals surface area contributed by atoms with Gasteiger partial charge >= 0.3 is 0 Å². The molecule has 2 heterocycles. The topological polar surface area (TPSA) is 26.3 Å². The van der Waals surface area contributed by atoms with E-state index in [4.69, 9.17) is 4.74 Å².